The smallest absolute Gasteiger partial charge is 0.314 e. The van der Waals surface area contributed by atoms with Crippen molar-refractivity contribution in [3.05, 3.63) is 0 Å². The molecule has 0 fully saturated rings. The molecule has 0 aliphatic heterocycles. The minimum Gasteiger partial charge on any atom is -0.481 e. The molecule has 0 aliphatic rings. The maximum absolute atomic E-state index is 10.0. The molecule has 0 bridgehead atoms. The Morgan fingerprint density at radius 3 is 2.50 bits per heavy atom. The van der Waals surface area contributed by atoms with Crippen LogP contribution in [0.5, 0.6) is 0 Å². The van der Waals surface area contributed by atoms with Gasteiger partial charge >= 0.3 is 5.97 Å². The highest BCUT2D eigenvalue weighted by Gasteiger charge is 1.98. The first-order valence-corrected chi connectivity index (χ1v) is 5.58. The Kier molecular flexibility index (Phi) is 6.02. The Bertz CT molecular complexity index is 104. The van der Waals surface area contributed by atoms with Crippen LogP contribution in [0.1, 0.15) is 13.8 Å². The Balaban J connectivity index is 2.98. The summed E-state index contributed by atoms with van der Waals surface area (Å²) < 4.78 is 0. The van der Waals surface area contributed by atoms with Gasteiger partial charge in [-0.2, -0.15) is 0 Å². The van der Waals surface area contributed by atoms with Gasteiger partial charge in [0.25, 0.3) is 0 Å². The van der Waals surface area contributed by atoms with Gasteiger partial charge in [0.2, 0.25) is 0 Å². The lowest BCUT2D eigenvalue weighted by Crippen LogP contribution is -1.97. The van der Waals surface area contributed by atoms with Gasteiger partial charge in [-0.1, -0.05) is 35.4 Å². The second-order valence-corrected chi connectivity index (χ2v) is 4.84. The van der Waals surface area contributed by atoms with Crippen LogP contribution in [0.3, 0.4) is 0 Å². The number of carbonyl (C=O) groups is 1. The standard InChI is InChI=1S/C6H12O2S2/c1-5(2)3-9-10-4-6(7)8/h5H,3-4H2,1-2H3,(H,7,8). The number of rotatable bonds is 5. The van der Waals surface area contributed by atoms with Crippen LogP contribution in [-0.4, -0.2) is 22.6 Å². The van der Waals surface area contributed by atoms with Crippen molar-refractivity contribution in [1.29, 1.82) is 0 Å². The van der Waals surface area contributed by atoms with E-state index in [2.05, 4.69) is 13.8 Å². The third kappa shape index (κ3) is 8.17. The molecule has 0 unspecified atom stereocenters. The second kappa shape index (κ2) is 5.92. The van der Waals surface area contributed by atoms with E-state index in [1.807, 2.05) is 0 Å². The zero-order valence-corrected chi connectivity index (χ0v) is 7.80. The summed E-state index contributed by atoms with van der Waals surface area (Å²) in [6.07, 6.45) is 0. The molecule has 0 spiro atoms. The predicted octanol–water partition coefficient (Wildman–Crippen LogP) is 2.11. The van der Waals surface area contributed by atoms with Crippen LogP contribution >= 0.6 is 21.6 Å². The zero-order chi connectivity index (χ0) is 7.98. The summed E-state index contributed by atoms with van der Waals surface area (Å²) in [5, 5.41) is 8.24. The summed E-state index contributed by atoms with van der Waals surface area (Å²) in [5.41, 5.74) is 0. The lowest BCUT2D eigenvalue weighted by molar-refractivity contribution is -0.133. The molecule has 0 aliphatic carbocycles. The molecule has 0 atom stereocenters. The molecule has 10 heavy (non-hydrogen) atoms. The fourth-order valence-electron chi connectivity index (χ4n) is 0.276. The number of hydrogen-bond donors (Lipinski definition) is 1. The minimum atomic E-state index is -0.735. The normalized spacial score (nSPS) is 10.3. The fourth-order valence-corrected chi connectivity index (χ4v) is 2.49. The van der Waals surface area contributed by atoms with E-state index in [1.54, 1.807) is 10.8 Å². The van der Waals surface area contributed by atoms with Crippen molar-refractivity contribution in [3.63, 3.8) is 0 Å². The zero-order valence-electron chi connectivity index (χ0n) is 6.16. The summed E-state index contributed by atoms with van der Waals surface area (Å²) in [7, 11) is 3.03. The minimum absolute atomic E-state index is 0.206. The van der Waals surface area contributed by atoms with Crippen LogP contribution in [0.2, 0.25) is 0 Å². The van der Waals surface area contributed by atoms with Gasteiger partial charge in [0, 0.05) is 5.75 Å². The van der Waals surface area contributed by atoms with Crippen molar-refractivity contribution in [2.75, 3.05) is 11.5 Å². The Morgan fingerprint density at radius 2 is 2.10 bits per heavy atom. The average molecular weight is 180 g/mol. The SMILES string of the molecule is CC(C)CSSCC(=O)O. The van der Waals surface area contributed by atoms with E-state index in [-0.39, 0.29) is 5.75 Å². The molecule has 60 valence electrons. The van der Waals surface area contributed by atoms with Crippen LogP contribution in [0.4, 0.5) is 0 Å². The largest absolute Gasteiger partial charge is 0.481 e. The molecule has 0 aromatic rings. The number of carboxylic acids is 1. The summed E-state index contributed by atoms with van der Waals surface area (Å²) >= 11 is 0. The van der Waals surface area contributed by atoms with E-state index in [1.165, 1.54) is 10.8 Å². The second-order valence-electron chi connectivity index (χ2n) is 2.33. The third-order valence-corrected chi connectivity index (χ3v) is 3.26. The number of hydrogen-bond acceptors (Lipinski definition) is 3. The van der Waals surface area contributed by atoms with Crippen LogP contribution in [0, 0.1) is 5.92 Å². The van der Waals surface area contributed by atoms with Crippen LogP contribution in [0.15, 0.2) is 0 Å². The van der Waals surface area contributed by atoms with E-state index < -0.39 is 5.97 Å². The maximum Gasteiger partial charge on any atom is 0.314 e. The molecule has 2 nitrogen and oxygen atoms in total. The highest BCUT2D eigenvalue weighted by atomic mass is 33.1. The van der Waals surface area contributed by atoms with E-state index in [9.17, 15) is 4.79 Å². The monoisotopic (exact) mass is 180 g/mol. The first-order valence-electron chi connectivity index (χ1n) is 3.09. The Hall–Kier alpha value is 0.170. The summed E-state index contributed by atoms with van der Waals surface area (Å²) in [5.74, 6) is 1.14. The first kappa shape index (κ1) is 10.2. The van der Waals surface area contributed by atoms with Gasteiger partial charge in [-0.25, -0.2) is 0 Å². The highest BCUT2D eigenvalue weighted by molar-refractivity contribution is 8.76. The van der Waals surface area contributed by atoms with Crippen LogP contribution in [0.25, 0.3) is 0 Å². The van der Waals surface area contributed by atoms with Gasteiger partial charge in [0.15, 0.2) is 0 Å². The van der Waals surface area contributed by atoms with Gasteiger partial charge < -0.3 is 5.11 Å². The fraction of sp³-hybridized carbons (Fsp3) is 0.833. The molecule has 0 amide bonds. The molecule has 4 heteroatoms. The first-order chi connectivity index (χ1) is 4.63. The number of aliphatic carboxylic acids is 1. The Morgan fingerprint density at radius 1 is 1.50 bits per heavy atom. The highest BCUT2D eigenvalue weighted by Crippen LogP contribution is 2.22. The van der Waals surface area contributed by atoms with Gasteiger partial charge in [-0.3, -0.25) is 4.79 Å². The van der Waals surface area contributed by atoms with E-state index >= 15 is 0 Å². The van der Waals surface area contributed by atoms with Crippen molar-refractivity contribution >= 4 is 27.6 Å². The van der Waals surface area contributed by atoms with E-state index in [0.717, 1.165) is 5.75 Å². The molecule has 0 saturated heterocycles. The quantitative estimate of drug-likeness (QED) is 0.519. The lowest BCUT2D eigenvalue weighted by atomic mass is 10.3. The number of carboxylic acid groups (broad SMARTS) is 1. The topological polar surface area (TPSA) is 37.3 Å². The van der Waals surface area contributed by atoms with Gasteiger partial charge in [-0.15, -0.1) is 0 Å². The molecule has 0 aromatic heterocycles. The molecule has 0 saturated carbocycles. The van der Waals surface area contributed by atoms with Gasteiger partial charge in [0.1, 0.15) is 5.75 Å². The van der Waals surface area contributed by atoms with Crippen LogP contribution in [-0.2, 0) is 4.79 Å². The third-order valence-electron chi connectivity index (χ3n) is 0.667. The predicted molar refractivity (Wildman–Crippen MR) is 47.4 cm³/mol. The van der Waals surface area contributed by atoms with Crippen molar-refractivity contribution in [2.24, 2.45) is 5.92 Å². The average Bonchev–Trinajstić information content (AvgIpc) is 1.79. The van der Waals surface area contributed by atoms with Gasteiger partial charge in [0.05, 0.1) is 0 Å². The molecule has 0 aromatic carbocycles. The molecule has 0 rings (SSSR count). The maximum atomic E-state index is 10.0. The molecule has 0 radical (unpaired) electrons. The van der Waals surface area contributed by atoms with E-state index in [4.69, 9.17) is 5.11 Å². The summed E-state index contributed by atoms with van der Waals surface area (Å²) in [6.45, 7) is 4.24. The van der Waals surface area contributed by atoms with Crippen molar-refractivity contribution in [1.82, 2.24) is 0 Å². The van der Waals surface area contributed by atoms with Crippen molar-refractivity contribution in [2.45, 2.75) is 13.8 Å². The summed E-state index contributed by atoms with van der Waals surface area (Å²) in [6, 6.07) is 0. The Labute approximate surface area is 69.2 Å². The molecular weight excluding hydrogens is 168 g/mol. The lowest BCUT2D eigenvalue weighted by Gasteiger charge is -2.00. The molecule has 0 heterocycles. The van der Waals surface area contributed by atoms with Crippen molar-refractivity contribution < 1.29 is 9.90 Å². The summed E-state index contributed by atoms with van der Waals surface area (Å²) in [4.78, 5) is 10.0. The molecule has 1 N–H and O–H groups in total. The van der Waals surface area contributed by atoms with E-state index in [0.29, 0.717) is 5.92 Å². The van der Waals surface area contributed by atoms with Crippen molar-refractivity contribution in [3.8, 4) is 0 Å². The van der Waals surface area contributed by atoms with Crippen LogP contribution < -0.4 is 0 Å². The van der Waals surface area contributed by atoms with Gasteiger partial charge in [-0.05, 0) is 5.92 Å². The molecular formula is C6H12O2S2.